The standard InChI is InChI=1S/C12H9BrClFO3/c1-17-10-5-8(15)7(13)4-6(10)12(16)9-2-3-11(14)18-9/h2-5,12,16H,1H3. The first-order valence-electron chi connectivity index (χ1n) is 4.99. The van der Waals surface area contributed by atoms with E-state index in [9.17, 15) is 9.50 Å². The first kappa shape index (κ1) is 13.4. The predicted octanol–water partition coefficient (Wildman–Crippen LogP) is 3.92. The highest BCUT2D eigenvalue weighted by Gasteiger charge is 2.20. The van der Waals surface area contributed by atoms with Gasteiger partial charge in [0.1, 0.15) is 23.4 Å². The number of rotatable bonds is 3. The van der Waals surface area contributed by atoms with Gasteiger partial charge in [-0.2, -0.15) is 0 Å². The quantitative estimate of drug-likeness (QED) is 0.924. The van der Waals surface area contributed by atoms with E-state index in [1.807, 2.05) is 0 Å². The largest absolute Gasteiger partial charge is 0.496 e. The molecule has 0 aliphatic rings. The summed E-state index contributed by atoms with van der Waals surface area (Å²) in [6, 6.07) is 5.69. The van der Waals surface area contributed by atoms with Gasteiger partial charge in [0.15, 0.2) is 5.22 Å². The van der Waals surface area contributed by atoms with Crippen molar-refractivity contribution in [2.24, 2.45) is 0 Å². The lowest BCUT2D eigenvalue weighted by Gasteiger charge is -2.13. The molecule has 1 N–H and O–H groups in total. The molecular weight excluding hydrogens is 326 g/mol. The minimum atomic E-state index is -1.08. The molecule has 1 heterocycles. The van der Waals surface area contributed by atoms with Crippen LogP contribution in [-0.2, 0) is 0 Å². The number of methoxy groups -OCH3 is 1. The summed E-state index contributed by atoms with van der Waals surface area (Å²) in [4.78, 5) is 0. The molecule has 0 aliphatic carbocycles. The number of aliphatic hydroxyl groups is 1. The van der Waals surface area contributed by atoms with Crippen LogP contribution in [0.4, 0.5) is 4.39 Å². The summed E-state index contributed by atoms with van der Waals surface area (Å²) in [6.07, 6.45) is -1.08. The summed E-state index contributed by atoms with van der Waals surface area (Å²) >= 11 is 8.70. The smallest absolute Gasteiger partial charge is 0.193 e. The van der Waals surface area contributed by atoms with Gasteiger partial charge >= 0.3 is 0 Å². The SMILES string of the molecule is COc1cc(F)c(Br)cc1C(O)c1ccc(Cl)o1. The summed E-state index contributed by atoms with van der Waals surface area (Å²) in [5, 5.41) is 10.3. The molecule has 0 spiro atoms. The summed E-state index contributed by atoms with van der Waals surface area (Å²) in [6.45, 7) is 0. The molecule has 1 unspecified atom stereocenters. The third kappa shape index (κ3) is 2.53. The highest BCUT2D eigenvalue weighted by molar-refractivity contribution is 9.10. The molecule has 0 aliphatic heterocycles. The lowest BCUT2D eigenvalue weighted by molar-refractivity contribution is 0.185. The van der Waals surface area contributed by atoms with Crippen molar-refractivity contribution in [2.45, 2.75) is 6.10 Å². The Balaban J connectivity index is 2.46. The number of benzene rings is 1. The van der Waals surface area contributed by atoms with Gasteiger partial charge in [-0.1, -0.05) is 0 Å². The maximum absolute atomic E-state index is 13.4. The van der Waals surface area contributed by atoms with Crippen molar-refractivity contribution >= 4 is 27.5 Å². The van der Waals surface area contributed by atoms with Gasteiger partial charge in [0, 0.05) is 11.6 Å². The highest BCUT2D eigenvalue weighted by atomic mass is 79.9. The Kier molecular flexibility index (Phi) is 3.94. The molecule has 2 aromatic rings. The molecule has 0 bridgehead atoms. The molecule has 0 saturated heterocycles. The van der Waals surface area contributed by atoms with E-state index in [-0.39, 0.29) is 21.2 Å². The molecule has 2 rings (SSSR count). The van der Waals surface area contributed by atoms with Crippen LogP contribution in [0.25, 0.3) is 0 Å². The van der Waals surface area contributed by atoms with Crippen LogP contribution in [0.3, 0.4) is 0 Å². The van der Waals surface area contributed by atoms with Crippen LogP contribution >= 0.6 is 27.5 Å². The lowest BCUT2D eigenvalue weighted by atomic mass is 10.1. The highest BCUT2D eigenvalue weighted by Crippen LogP contribution is 2.35. The van der Waals surface area contributed by atoms with Crippen LogP contribution in [-0.4, -0.2) is 12.2 Å². The van der Waals surface area contributed by atoms with E-state index in [1.165, 1.54) is 25.3 Å². The second-order valence-electron chi connectivity index (χ2n) is 3.55. The Hall–Kier alpha value is -1.04. The maximum Gasteiger partial charge on any atom is 0.193 e. The fourth-order valence-electron chi connectivity index (χ4n) is 1.56. The molecule has 3 nitrogen and oxygen atoms in total. The fraction of sp³-hybridized carbons (Fsp3) is 0.167. The Morgan fingerprint density at radius 2 is 2.17 bits per heavy atom. The summed E-state index contributed by atoms with van der Waals surface area (Å²) in [5.74, 6) is 0.0211. The number of halogens is 3. The molecule has 1 atom stereocenters. The molecule has 0 saturated carbocycles. The third-order valence-corrected chi connectivity index (χ3v) is 3.24. The zero-order valence-electron chi connectivity index (χ0n) is 9.28. The second-order valence-corrected chi connectivity index (χ2v) is 4.78. The minimum Gasteiger partial charge on any atom is -0.496 e. The minimum absolute atomic E-state index is 0.171. The average molecular weight is 336 g/mol. The summed E-state index contributed by atoms with van der Waals surface area (Å²) in [5.41, 5.74) is 0.386. The summed E-state index contributed by atoms with van der Waals surface area (Å²) in [7, 11) is 1.40. The number of furan rings is 1. The molecule has 18 heavy (non-hydrogen) atoms. The topological polar surface area (TPSA) is 42.6 Å². The predicted molar refractivity (Wildman–Crippen MR) is 68.4 cm³/mol. The van der Waals surface area contributed by atoms with E-state index in [4.69, 9.17) is 20.8 Å². The zero-order chi connectivity index (χ0) is 13.3. The van der Waals surface area contributed by atoms with Crippen LogP contribution in [0.5, 0.6) is 5.75 Å². The van der Waals surface area contributed by atoms with E-state index in [1.54, 1.807) is 6.07 Å². The molecule has 0 radical (unpaired) electrons. The van der Waals surface area contributed by atoms with Crippen molar-refractivity contribution in [2.75, 3.05) is 7.11 Å². The van der Waals surface area contributed by atoms with Crippen molar-refractivity contribution in [3.05, 3.63) is 51.1 Å². The monoisotopic (exact) mass is 334 g/mol. The lowest BCUT2D eigenvalue weighted by Crippen LogP contribution is -2.02. The van der Waals surface area contributed by atoms with Crippen LogP contribution in [0.1, 0.15) is 17.4 Å². The van der Waals surface area contributed by atoms with Crippen LogP contribution in [0.2, 0.25) is 5.22 Å². The van der Waals surface area contributed by atoms with Crippen molar-refractivity contribution in [1.82, 2.24) is 0 Å². The van der Waals surface area contributed by atoms with Gasteiger partial charge in [-0.25, -0.2) is 4.39 Å². The number of ether oxygens (including phenoxy) is 1. The van der Waals surface area contributed by atoms with Crippen molar-refractivity contribution < 1.29 is 18.7 Å². The second kappa shape index (κ2) is 5.30. The van der Waals surface area contributed by atoms with E-state index in [0.29, 0.717) is 5.56 Å². The molecule has 1 aromatic carbocycles. The van der Waals surface area contributed by atoms with E-state index >= 15 is 0 Å². The van der Waals surface area contributed by atoms with Gasteiger partial charge in [-0.05, 0) is 45.7 Å². The van der Waals surface area contributed by atoms with Crippen LogP contribution in [0.15, 0.2) is 33.2 Å². The average Bonchev–Trinajstić information content (AvgIpc) is 2.78. The fourth-order valence-corrected chi connectivity index (χ4v) is 2.08. The van der Waals surface area contributed by atoms with Gasteiger partial charge in [-0.15, -0.1) is 0 Å². The molecule has 96 valence electrons. The van der Waals surface area contributed by atoms with Gasteiger partial charge in [-0.3, -0.25) is 0 Å². The van der Waals surface area contributed by atoms with E-state index in [0.717, 1.165) is 0 Å². The van der Waals surface area contributed by atoms with Gasteiger partial charge < -0.3 is 14.3 Å². The molecule has 0 fully saturated rings. The number of hydrogen-bond acceptors (Lipinski definition) is 3. The number of hydrogen-bond donors (Lipinski definition) is 1. The summed E-state index contributed by atoms with van der Waals surface area (Å²) < 4.78 is 23.7. The van der Waals surface area contributed by atoms with Gasteiger partial charge in [0.2, 0.25) is 0 Å². The molecular formula is C12H9BrClFO3. The molecule has 6 heteroatoms. The van der Waals surface area contributed by atoms with Crippen LogP contribution in [0, 0.1) is 5.82 Å². The Morgan fingerprint density at radius 3 is 2.72 bits per heavy atom. The van der Waals surface area contributed by atoms with E-state index in [2.05, 4.69) is 15.9 Å². The normalized spacial score (nSPS) is 12.5. The van der Waals surface area contributed by atoms with Crippen molar-refractivity contribution in [3.8, 4) is 5.75 Å². The zero-order valence-corrected chi connectivity index (χ0v) is 11.6. The first-order valence-corrected chi connectivity index (χ1v) is 6.16. The Morgan fingerprint density at radius 1 is 1.44 bits per heavy atom. The van der Waals surface area contributed by atoms with E-state index < -0.39 is 11.9 Å². The molecule has 0 amide bonds. The van der Waals surface area contributed by atoms with Gasteiger partial charge in [0.25, 0.3) is 0 Å². The first-order chi connectivity index (χ1) is 8.52. The third-order valence-electron chi connectivity index (χ3n) is 2.43. The number of aliphatic hydroxyl groups excluding tert-OH is 1. The Labute approximate surface area is 116 Å². The van der Waals surface area contributed by atoms with Gasteiger partial charge in [0.05, 0.1) is 11.6 Å². The van der Waals surface area contributed by atoms with Crippen molar-refractivity contribution in [1.29, 1.82) is 0 Å². The molecule has 1 aromatic heterocycles. The van der Waals surface area contributed by atoms with Crippen LogP contribution < -0.4 is 4.74 Å². The Bertz CT molecular complexity index is 570. The van der Waals surface area contributed by atoms with Crippen molar-refractivity contribution in [3.63, 3.8) is 0 Å². The maximum atomic E-state index is 13.4.